The zero-order valence-electron chi connectivity index (χ0n) is 42.2. The Morgan fingerprint density at radius 3 is 1.02 bits per heavy atom. The van der Waals surface area contributed by atoms with Crippen molar-refractivity contribution in [3.05, 3.63) is 97.2 Å². The Kier molecular flexibility index (Phi) is 50.0. The summed E-state index contributed by atoms with van der Waals surface area (Å²) in [5.74, 6) is -1.01. The molecule has 0 unspecified atom stereocenters. The van der Waals surface area contributed by atoms with Gasteiger partial charge in [0, 0.05) is 19.3 Å². The van der Waals surface area contributed by atoms with Gasteiger partial charge in [0.1, 0.15) is 13.2 Å². The molecule has 0 heterocycles. The normalized spacial score (nSPS) is 12.8. The van der Waals surface area contributed by atoms with Gasteiger partial charge in [-0.05, 0) is 109 Å². The van der Waals surface area contributed by atoms with E-state index in [9.17, 15) is 14.4 Å². The van der Waals surface area contributed by atoms with Gasteiger partial charge in [-0.15, -0.1) is 0 Å². The topological polar surface area (TPSA) is 78.9 Å². The fourth-order valence-electron chi connectivity index (χ4n) is 6.96. The molecule has 0 aliphatic carbocycles. The molecule has 0 aromatic heterocycles. The monoisotopic (exact) mass is 903 g/mol. The lowest BCUT2D eigenvalue weighted by molar-refractivity contribution is -0.166. The molecule has 370 valence electrons. The van der Waals surface area contributed by atoms with Crippen LogP contribution in [-0.2, 0) is 28.6 Å². The van der Waals surface area contributed by atoms with E-state index in [0.717, 1.165) is 89.9 Å². The van der Waals surface area contributed by atoms with E-state index in [0.29, 0.717) is 19.3 Å². The molecule has 6 nitrogen and oxygen atoms in total. The molecule has 0 saturated heterocycles. The molecular weight excluding hydrogens is 805 g/mol. The molecule has 0 aromatic carbocycles. The van der Waals surface area contributed by atoms with E-state index in [1.165, 1.54) is 103 Å². The van der Waals surface area contributed by atoms with Crippen molar-refractivity contribution in [2.45, 2.75) is 245 Å². The third-order valence-corrected chi connectivity index (χ3v) is 11.0. The Labute approximate surface area is 400 Å². The summed E-state index contributed by atoms with van der Waals surface area (Å²) in [6, 6.07) is 0. The number of esters is 3. The van der Waals surface area contributed by atoms with E-state index in [4.69, 9.17) is 14.2 Å². The summed E-state index contributed by atoms with van der Waals surface area (Å²) in [5.41, 5.74) is 0. The lowest BCUT2D eigenvalue weighted by Gasteiger charge is -2.18. The molecule has 0 spiro atoms. The first kappa shape index (κ1) is 61.3. The number of hydrogen-bond acceptors (Lipinski definition) is 6. The standard InChI is InChI=1S/C59H98O6/c1-4-7-10-13-16-19-22-24-26-28-29-31-33-35-38-40-43-46-49-52-58(61)64-55-56(65-59(62)53-50-47-44-41-36-21-18-15-12-9-6-3)54-63-57(60)51-48-45-42-39-37-34-32-30-27-25-23-20-17-14-11-8-5-2/h15-20,24-27,29,31,35,38,43,46,56H,4-14,21-23,28,30,32-34,36-37,39-42,44-45,47-55H2,1-3H3/b18-15-,19-16-,20-17-,26-24-,27-25-,31-29-,38-35-,46-43-/t56-/m0/s1. The van der Waals surface area contributed by atoms with Crippen molar-refractivity contribution in [2.75, 3.05) is 13.2 Å². The number of carbonyl (C=O) groups excluding carboxylic acids is 3. The van der Waals surface area contributed by atoms with Crippen molar-refractivity contribution < 1.29 is 28.6 Å². The Morgan fingerprint density at radius 1 is 0.308 bits per heavy atom. The third-order valence-electron chi connectivity index (χ3n) is 11.0. The molecule has 1 atom stereocenters. The number of hydrogen-bond donors (Lipinski definition) is 0. The van der Waals surface area contributed by atoms with Crippen LogP contribution >= 0.6 is 0 Å². The minimum Gasteiger partial charge on any atom is -0.462 e. The first-order valence-electron chi connectivity index (χ1n) is 26.7. The van der Waals surface area contributed by atoms with E-state index < -0.39 is 6.10 Å². The molecule has 0 fully saturated rings. The number of allylic oxidation sites excluding steroid dienone is 16. The number of unbranched alkanes of at least 4 members (excludes halogenated alkanes) is 20. The lowest BCUT2D eigenvalue weighted by Crippen LogP contribution is -2.30. The summed E-state index contributed by atoms with van der Waals surface area (Å²) in [6.07, 6.45) is 69.7. The Hall–Kier alpha value is -3.67. The second-order valence-corrected chi connectivity index (χ2v) is 17.4. The molecule has 0 aliphatic heterocycles. The molecule has 0 radical (unpaired) electrons. The van der Waals surface area contributed by atoms with Crippen molar-refractivity contribution in [2.24, 2.45) is 0 Å². The van der Waals surface area contributed by atoms with Gasteiger partial charge in [0.25, 0.3) is 0 Å². The molecule has 65 heavy (non-hydrogen) atoms. The molecule has 6 heteroatoms. The summed E-state index contributed by atoms with van der Waals surface area (Å²) in [7, 11) is 0. The summed E-state index contributed by atoms with van der Waals surface area (Å²) in [4.78, 5) is 38.0. The second-order valence-electron chi connectivity index (χ2n) is 17.4. The predicted octanol–water partition coefficient (Wildman–Crippen LogP) is 17.8. The zero-order valence-corrected chi connectivity index (χ0v) is 42.2. The van der Waals surface area contributed by atoms with Crippen LogP contribution in [0.3, 0.4) is 0 Å². The van der Waals surface area contributed by atoms with Gasteiger partial charge >= 0.3 is 17.9 Å². The van der Waals surface area contributed by atoms with Gasteiger partial charge in [-0.25, -0.2) is 0 Å². The average Bonchev–Trinajstić information content (AvgIpc) is 3.30. The molecule has 0 rings (SSSR count). The minimum absolute atomic E-state index is 0.109. The minimum atomic E-state index is -0.815. The molecule has 0 saturated carbocycles. The van der Waals surface area contributed by atoms with Crippen LogP contribution in [0, 0.1) is 0 Å². The highest BCUT2D eigenvalue weighted by Crippen LogP contribution is 2.13. The zero-order chi connectivity index (χ0) is 47.2. The van der Waals surface area contributed by atoms with Gasteiger partial charge in [0.15, 0.2) is 6.10 Å². The van der Waals surface area contributed by atoms with Crippen molar-refractivity contribution in [3.8, 4) is 0 Å². The van der Waals surface area contributed by atoms with E-state index in [1.807, 2.05) is 6.08 Å². The van der Waals surface area contributed by atoms with Crippen LogP contribution in [0.25, 0.3) is 0 Å². The largest absolute Gasteiger partial charge is 0.462 e. The Morgan fingerprint density at radius 2 is 0.600 bits per heavy atom. The molecule has 0 aliphatic rings. The number of carbonyl (C=O) groups is 3. The van der Waals surface area contributed by atoms with E-state index in [2.05, 4.69) is 112 Å². The van der Waals surface area contributed by atoms with Gasteiger partial charge in [0.05, 0.1) is 0 Å². The van der Waals surface area contributed by atoms with E-state index in [-0.39, 0.29) is 37.5 Å². The van der Waals surface area contributed by atoms with Crippen LogP contribution in [0.5, 0.6) is 0 Å². The Balaban J connectivity index is 4.48. The smallest absolute Gasteiger partial charge is 0.306 e. The molecule has 0 aromatic rings. The predicted molar refractivity (Wildman–Crippen MR) is 279 cm³/mol. The summed E-state index contributed by atoms with van der Waals surface area (Å²) >= 11 is 0. The fraction of sp³-hybridized carbons (Fsp3) is 0.678. The van der Waals surface area contributed by atoms with E-state index in [1.54, 1.807) is 0 Å². The van der Waals surface area contributed by atoms with Gasteiger partial charge in [-0.3, -0.25) is 14.4 Å². The van der Waals surface area contributed by atoms with Crippen molar-refractivity contribution in [3.63, 3.8) is 0 Å². The summed E-state index contributed by atoms with van der Waals surface area (Å²) < 4.78 is 16.7. The Bertz CT molecular complexity index is 1310. The van der Waals surface area contributed by atoms with Crippen molar-refractivity contribution in [1.82, 2.24) is 0 Å². The number of ether oxygens (including phenoxy) is 3. The quantitative estimate of drug-likeness (QED) is 0.0262. The van der Waals surface area contributed by atoms with Crippen LogP contribution in [0.4, 0.5) is 0 Å². The van der Waals surface area contributed by atoms with Crippen molar-refractivity contribution in [1.29, 1.82) is 0 Å². The van der Waals surface area contributed by atoms with Crippen LogP contribution in [-0.4, -0.2) is 37.2 Å². The molecular formula is C59H98O6. The molecule has 0 amide bonds. The van der Waals surface area contributed by atoms with Crippen LogP contribution < -0.4 is 0 Å². The van der Waals surface area contributed by atoms with Crippen LogP contribution in [0.15, 0.2) is 97.2 Å². The first-order chi connectivity index (χ1) is 32.0. The maximum Gasteiger partial charge on any atom is 0.306 e. The van der Waals surface area contributed by atoms with Gasteiger partial charge in [-0.1, -0.05) is 208 Å². The van der Waals surface area contributed by atoms with Gasteiger partial charge in [-0.2, -0.15) is 0 Å². The lowest BCUT2D eigenvalue weighted by atomic mass is 10.1. The highest BCUT2D eigenvalue weighted by molar-refractivity contribution is 5.71. The summed E-state index contributed by atoms with van der Waals surface area (Å²) in [5, 5.41) is 0. The maximum absolute atomic E-state index is 12.8. The van der Waals surface area contributed by atoms with Gasteiger partial charge in [0.2, 0.25) is 0 Å². The third kappa shape index (κ3) is 51.2. The van der Waals surface area contributed by atoms with Crippen LogP contribution in [0.1, 0.15) is 239 Å². The fourth-order valence-corrected chi connectivity index (χ4v) is 6.96. The SMILES string of the molecule is CCCC/C=C\CCCCCCCC(=O)O[C@H](COC(=O)CC/C=C\C/C=C\C/C=C\C/C=C\C/C=C\CCCCC)COC(=O)CCCCCCCCC/C=C\C/C=C\CCCCC. The highest BCUT2D eigenvalue weighted by atomic mass is 16.6. The molecule has 0 bridgehead atoms. The second kappa shape index (κ2) is 52.9. The molecule has 0 N–H and O–H groups in total. The van der Waals surface area contributed by atoms with Gasteiger partial charge < -0.3 is 14.2 Å². The van der Waals surface area contributed by atoms with E-state index >= 15 is 0 Å². The highest BCUT2D eigenvalue weighted by Gasteiger charge is 2.19. The van der Waals surface area contributed by atoms with Crippen LogP contribution in [0.2, 0.25) is 0 Å². The first-order valence-corrected chi connectivity index (χ1v) is 26.7. The summed E-state index contributed by atoms with van der Waals surface area (Å²) in [6.45, 7) is 6.46. The maximum atomic E-state index is 12.8. The number of rotatable bonds is 47. The van der Waals surface area contributed by atoms with Crippen molar-refractivity contribution >= 4 is 17.9 Å². The average molecular weight is 903 g/mol.